The van der Waals surface area contributed by atoms with Crippen molar-refractivity contribution in [2.75, 3.05) is 0 Å². The van der Waals surface area contributed by atoms with Crippen LogP contribution < -0.4 is 11.1 Å². The number of aromatic nitrogens is 2. The van der Waals surface area contributed by atoms with E-state index in [2.05, 4.69) is 21.4 Å². The summed E-state index contributed by atoms with van der Waals surface area (Å²) in [5.74, 6) is -0.567. The quantitative estimate of drug-likeness (QED) is 0.388. The molecular formula is C21H17BrN4O2S. The zero-order valence-electron chi connectivity index (χ0n) is 15.3. The van der Waals surface area contributed by atoms with Crippen LogP contribution in [0.1, 0.15) is 43.3 Å². The van der Waals surface area contributed by atoms with E-state index >= 15 is 0 Å². The van der Waals surface area contributed by atoms with Crippen molar-refractivity contribution in [1.82, 2.24) is 15.3 Å². The SMILES string of the molecule is Br.NCc1nc(-c2ccc3[nH]c4c5c(c6c(c4c3c2)C(=O)NC6=O)CCC5)cs1. The number of amides is 2. The molecule has 1 aliphatic carbocycles. The van der Waals surface area contributed by atoms with Gasteiger partial charge in [-0.15, -0.1) is 28.3 Å². The van der Waals surface area contributed by atoms with Crippen molar-refractivity contribution in [3.8, 4) is 11.3 Å². The maximum atomic E-state index is 12.7. The third kappa shape index (κ3) is 2.46. The molecule has 8 heteroatoms. The molecule has 2 amide bonds. The number of H-pyrrole nitrogens is 1. The molecule has 0 spiro atoms. The molecule has 0 radical (unpaired) electrons. The first-order valence-electron chi connectivity index (χ1n) is 9.29. The molecule has 6 rings (SSSR count). The molecule has 3 heterocycles. The first-order chi connectivity index (χ1) is 13.7. The van der Waals surface area contributed by atoms with Crippen molar-refractivity contribution in [3.63, 3.8) is 0 Å². The standard InChI is InChI=1S/C21H16N4O2S.BrH/c22-7-15-23-14(8-28-15)9-4-5-13-12(6-9)16-18-17(20(26)25-21(18)27)10-2-1-3-11(10)19(16)24-13;/h4-6,8,24H,1-3,7,22H2,(H,25,26,27);1H. The Hall–Kier alpha value is -2.55. The van der Waals surface area contributed by atoms with E-state index < -0.39 is 0 Å². The van der Waals surface area contributed by atoms with Gasteiger partial charge in [-0.05, 0) is 42.5 Å². The number of hydrogen-bond donors (Lipinski definition) is 3. The predicted octanol–water partition coefficient (Wildman–Crippen LogP) is 3.85. The molecule has 0 bridgehead atoms. The minimum Gasteiger partial charge on any atom is -0.354 e. The molecule has 2 aromatic heterocycles. The second-order valence-corrected chi connectivity index (χ2v) is 8.25. The molecule has 146 valence electrons. The molecule has 4 aromatic rings. The molecule has 2 aromatic carbocycles. The fraction of sp³-hybridized carbons (Fsp3) is 0.190. The fourth-order valence-corrected chi connectivity index (χ4v) is 5.34. The van der Waals surface area contributed by atoms with E-state index in [-0.39, 0.29) is 28.8 Å². The third-order valence-electron chi connectivity index (χ3n) is 5.82. The van der Waals surface area contributed by atoms with E-state index in [0.29, 0.717) is 17.7 Å². The number of benzene rings is 2. The maximum absolute atomic E-state index is 12.7. The van der Waals surface area contributed by atoms with Gasteiger partial charge in [0.25, 0.3) is 11.8 Å². The van der Waals surface area contributed by atoms with Gasteiger partial charge in [-0.2, -0.15) is 0 Å². The summed E-state index contributed by atoms with van der Waals surface area (Å²) >= 11 is 1.54. The predicted molar refractivity (Wildman–Crippen MR) is 119 cm³/mol. The average Bonchev–Trinajstić information content (AvgIpc) is 3.45. The molecule has 6 nitrogen and oxygen atoms in total. The van der Waals surface area contributed by atoms with E-state index in [1.807, 2.05) is 17.5 Å². The Labute approximate surface area is 180 Å². The molecule has 1 aliphatic heterocycles. The summed E-state index contributed by atoms with van der Waals surface area (Å²) in [4.78, 5) is 33.2. The van der Waals surface area contributed by atoms with Gasteiger partial charge in [-0.3, -0.25) is 14.9 Å². The minimum absolute atomic E-state index is 0. The Morgan fingerprint density at radius 3 is 2.69 bits per heavy atom. The van der Waals surface area contributed by atoms with Crippen molar-refractivity contribution < 1.29 is 9.59 Å². The number of halogens is 1. The molecule has 0 fully saturated rings. The van der Waals surface area contributed by atoms with Crippen molar-refractivity contribution in [2.24, 2.45) is 5.73 Å². The highest BCUT2D eigenvalue weighted by molar-refractivity contribution is 8.93. The Balaban J connectivity index is 0.00000181. The first kappa shape index (κ1) is 18.5. The summed E-state index contributed by atoms with van der Waals surface area (Å²) in [5.41, 5.74) is 12.8. The van der Waals surface area contributed by atoms with Crippen molar-refractivity contribution in [2.45, 2.75) is 25.8 Å². The number of imide groups is 1. The number of thiazole rings is 1. The lowest BCUT2D eigenvalue weighted by Gasteiger charge is -2.07. The van der Waals surface area contributed by atoms with Gasteiger partial charge in [0.2, 0.25) is 0 Å². The lowest BCUT2D eigenvalue weighted by atomic mass is 9.93. The number of aryl methyl sites for hydroxylation is 1. The van der Waals surface area contributed by atoms with Crippen LogP contribution in [0, 0.1) is 0 Å². The lowest BCUT2D eigenvalue weighted by molar-refractivity contribution is 0.0880. The van der Waals surface area contributed by atoms with Crippen molar-refractivity contribution >= 4 is 61.9 Å². The van der Waals surface area contributed by atoms with Gasteiger partial charge in [0, 0.05) is 33.8 Å². The number of nitrogens with two attached hydrogens (primary N) is 1. The van der Waals surface area contributed by atoms with E-state index in [0.717, 1.165) is 62.9 Å². The molecule has 0 saturated carbocycles. The minimum atomic E-state index is -0.301. The highest BCUT2D eigenvalue weighted by Gasteiger charge is 2.36. The molecule has 0 unspecified atom stereocenters. The normalized spacial score (nSPS) is 14.9. The summed E-state index contributed by atoms with van der Waals surface area (Å²) in [6.45, 7) is 0.419. The van der Waals surface area contributed by atoms with Crippen LogP contribution in [-0.4, -0.2) is 21.8 Å². The Morgan fingerprint density at radius 1 is 1.10 bits per heavy atom. The number of aromatic amines is 1. The van der Waals surface area contributed by atoms with Gasteiger partial charge in [0.05, 0.1) is 22.3 Å². The Morgan fingerprint density at radius 2 is 1.90 bits per heavy atom. The van der Waals surface area contributed by atoms with Crippen LogP contribution in [0.15, 0.2) is 23.6 Å². The maximum Gasteiger partial charge on any atom is 0.259 e. The van der Waals surface area contributed by atoms with Gasteiger partial charge >= 0.3 is 0 Å². The highest BCUT2D eigenvalue weighted by atomic mass is 79.9. The van der Waals surface area contributed by atoms with Crippen LogP contribution in [0.4, 0.5) is 0 Å². The van der Waals surface area contributed by atoms with Gasteiger partial charge in [-0.25, -0.2) is 4.98 Å². The molecule has 0 saturated heterocycles. The smallest absolute Gasteiger partial charge is 0.259 e. The highest BCUT2D eigenvalue weighted by Crippen LogP contribution is 2.42. The zero-order valence-corrected chi connectivity index (χ0v) is 17.8. The van der Waals surface area contributed by atoms with Crippen LogP contribution in [0.2, 0.25) is 0 Å². The Bertz CT molecular complexity index is 1350. The van der Waals surface area contributed by atoms with Gasteiger partial charge in [0.1, 0.15) is 5.01 Å². The van der Waals surface area contributed by atoms with E-state index in [1.54, 1.807) is 0 Å². The summed E-state index contributed by atoms with van der Waals surface area (Å²) in [7, 11) is 0. The van der Waals surface area contributed by atoms with Crippen LogP contribution in [0.25, 0.3) is 33.1 Å². The second-order valence-electron chi connectivity index (χ2n) is 7.31. The van der Waals surface area contributed by atoms with Crippen molar-refractivity contribution in [3.05, 3.63) is 50.8 Å². The van der Waals surface area contributed by atoms with Crippen LogP contribution >= 0.6 is 28.3 Å². The fourth-order valence-electron chi connectivity index (χ4n) is 4.65. The van der Waals surface area contributed by atoms with Crippen LogP contribution in [0.5, 0.6) is 0 Å². The van der Waals surface area contributed by atoms with E-state index in [1.165, 1.54) is 16.9 Å². The number of fused-ring (bicyclic) bond motifs is 8. The third-order valence-corrected chi connectivity index (χ3v) is 6.69. The molecule has 0 atom stereocenters. The van der Waals surface area contributed by atoms with Gasteiger partial charge < -0.3 is 10.7 Å². The molecular weight excluding hydrogens is 452 g/mol. The largest absolute Gasteiger partial charge is 0.354 e. The number of nitrogens with one attached hydrogen (secondary N) is 2. The van der Waals surface area contributed by atoms with Crippen LogP contribution in [-0.2, 0) is 19.4 Å². The second kappa shape index (κ2) is 6.48. The van der Waals surface area contributed by atoms with Gasteiger partial charge in [0.15, 0.2) is 0 Å². The van der Waals surface area contributed by atoms with Crippen LogP contribution in [0.3, 0.4) is 0 Å². The summed E-state index contributed by atoms with van der Waals surface area (Å²) in [6, 6.07) is 6.11. The van der Waals surface area contributed by atoms with E-state index in [4.69, 9.17) is 5.73 Å². The van der Waals surface area contributed by atoms with E-state index in [9.17, 15) is 9.59 Å². The molecule has 2 aliphatic rings. The number of carbonyl (C=O) groups excluding carboxylic acids is 2. The number of rotatable bonds is 2. The monoisotopic (exact) mass is 468 g/mol. The molecule has 29 heavy (non-hydrogen) atoms. The molecule has 4 N–H and O–H groups in total. The first-order valence-corrected chi connectivity index (χ1v) is 10.2. The van der Waals surface area contributed by atoms with Gasteiger partial charge in [-0.1, -0.05) is 6.07 Å². The average molecular weight is 469 g/mol. The van der Waals surface area contributed by atoms with Crippen molar-refractivity contribution in [1.29, 1.82) is 0 Å². The summed E-state index contributed by atoms with van der Waals surface area (Å²) < 4.78 is 0. The summed E-state index contributed by atoms with van der Waals surface area (Å²) in [6.07, 6.45) is 2.77. The lowest BCUT2D eigenvalue weighted by Crippen LogP contribution is -2.20. The Kier molecular flexibility index (Phi) is 4.13. The number of carbonyl (C=O) groups is 2. The number of nitrogens with zero attached hydrogens (tertiary/aromatic N) is 1. The topological polar surface area (TPSA) is 101 Å². The summed E-state index contributed by atoms with van der Waals surface area (Å²) in [5, 5.41) is 7.18. The number of hydrogen-bond acceptors (Lipinski definition) is 5. The zero-order chi connectivity index (χ0) is 19.0.